The molecule has 3 nitrogen and oxygen atoms in total. The van der Waals surface area contributed by atoms with E-state index >= 15 is 0 Å². The first-order valence-corrected chi connectivity index (χ1v) is 10.0. The molecule has 2 heterocycles. The lowest BCUT2D eigenvalue weighted by Gasteiger charge is -2.18. The molecule has 0 radical (unpaired) electrons. The van der Waals surface area contributed by atoms with E-state index in [4.69, 9.17) is 27.9 Å². The number of ether oxygens (including phenoxy) is 1. The Kier molecular flexibility index (Phi) is 5.30. The van der Waals surface area contributed by atoms with Crippen LogP contribution in [-0.2, 0) is 10.5 Å². The van der Waals surface area contributed by atoms with Crippen molar-refractivity contribution in [2.45, 2.75) is 23.1 Å². The van der Waals surface area contributed by atoms with Crippen LogP contribution in [0.5, 0.6) is 0 Å². The van der Waals surface area contributed by atoms with Crippen molar-refractivity contribution < 1.29 is 9.84 Å². The van der Waals surface area contributed by atoms with Gasteiger partial charge in [-0.2, -0.15) is 0 Å². The molecule has 0 saturated carbocycles. The standard InChI is InChI=1S/C20H17Cl2NO2S/c21-16-8-14-9-20(26-12-13-4-2-1-3-5-13)23(18(14)10-17(16)22)19-7-6-15(11-24)25-19/h1-10,15,19,24H,11-12H2/t15-,19+/m0/s1. The van der Waals surface area contributed by atoms with Gasteiger partial charge in [-0.3, -0.25) is 0 Å². The van der Waals surface area contributed by atoms with E-state index < -0.39 is 0 Å². The zero-order valence-electron chi connectivity index (χ0n) is 13.8. The average Bonchev–Trinajstić information content (AvgIpc) is 3.25. The Bertz CT molecular complexity index is 955. The molecule has 0 spiro atoms. The summed E-state index contributed by atoms with van der Waals surface area (Å²) in [5.74, 6) is 0.846. The highest BCUT2D eigenvalue weighted by Gasteiger charge is 2.24. The lowest BCUT2D eigenvalue weighted by atomic mass is 10.2. The van der Waals surface area contributed by atoms with Crippen molar-refractivity contribution in [3.63, 3.8) is 0 Å². The Labute approximate surface area is 166 Å². The highest BCUT2D eigenvalue weighted by atomic mass is 35.5. The molecule has 1 aliphatic rings. The normalized spacial score (nSPS) is 19.5. The van der Waals surface area contributed by atoms with Crippen molar-refractivity contribution >= 4 is 45.9 Å². The molecule has 4 rings (SSSR count). The Hall–Kier alpha value is -1.43. The number of fused-ring (bicyclic) bond motifs is 1. The molecular formula is C20H17Cl2NO2S. The van der Waals surface area contributed by atoms with Gasteiger partial charge in [-0.1, -0.05) is 59.6 Å². The van der Waals surface area contributed by atoms with Crippen molar-refractivity contribution in [2.24, 2.45) is 0 Å². The fraction of sp³-hybridized carbons (Fsp3) is 0.200. The summed E-state index contributed by atoms with van der Waals surface area (Å²) in [6.45, 7) is -0.0364. The van der Waals surface area contributed by atoms with E-state index in [-0.39, 0.29) is 18.9 Å². The number of rotatable bonds is 5. The van der Waals surface area contributed by atoms with E-state index in [9.17, 15) is 5.11 Å². The van der Waals surface area contributed by atoms with Crippen LogP contribution in [0.4, 0.5) is 0 Å². The number of thioether (sulfide) groups is 1. The molecule has 1 N–H and O–H groups in total. The topological polar surface area (TPSA) is 34.4 Å². The van der Waals surface area contributed by atoms with Crippen molar-refractivity contribution in [1.82, 2.24) is 4.57 Å². The smallest absolute Gasteiger partial charge is 0.155 e. The first kappa shape index (κ1) is 18.0. The van der Waals surface area contributed by atoms with E-state index in [2.05, 4.69) is 22.8 Å². The highest BCUT2D eigenvalue weighted by molar-refractivity contribution is 7.98. The van der Waals surface area contributed by atoms with E-state index in [1.54, 1.807) is 11.8 Å². The van der Waals surface area contributed by atoms with Gasteiger partial charge in [0.25, 0.3) is 0 Å². The van der Waals surface area contributed by atoms with Gasteiger partial charge in [0, 0.05) is 11.1 Å². The molecule has 26 heavy (non-hydrogen) atoms. The maximum atomic E-state index is 9.37. The van der Waals surface area contributed by atoms with Crippen LogP contribution in [0.15, 0.2) is 65.7 Å². The van der Waals surface area contributed by atoms with Gasteiger partial charge in [-0.15, -0.1) is 11.8 Å². The quantitative estimate of drug-likeness (QED) is 0.437. The zero-order valence-corrected chi connectivity index (χ0v) is 16.1. The summed E-state index contributed by atoms with van der Waals surface area (Å²) in [6.07, 6.45) is 3.29. The third-order valence-electron chi connectivity index (χ3n) is 4.31. The second-order valence-corrected chi connectivity index (χ2v) is 7.89. The third kappa shape index (κ3) is 3.53. The number of hydrogen-bond acceptors (Lipinski definition) is 3. The van der Waals surface area contributed by atoms with Crippen LogP contribution in [0.3, 0.4) is 0 Å². The molecule has 134 valence electrons. The van der Waals surface area contributed by atoms with Gasteiger partial charge in [0.15, 0.2) is 6.23 Å². The minimum Gasteiger partial charge on any atom is -0.393 e. The summed E-state index contributed by atoms with van der Waals surface area (Å²) in [4.78, 5) is 0. The molecule has 0 aliphatic carbocycles. The second-order valence-electron chi connectivity index (χ2n) is 6.08. The fourth-order valence-electron chi connectivity index (χ4n) is 3.04. The molecule has 0 unspecified atom stereocenters. The molecule has 2 atom stereocenters. The van der Waals surface area contributed by atoms with E-state index in [0.29, 0.717) is 10.0 Å². The summed E-state index contributed by atoms with van der Waals surface area (Å²) in [7, 11) is 0. The minimum absolute atomic E-state index is 0.0364. The number of nitrogens with zero attached hydrogens (tertiary/aromatic N) is 1. The van der Waals surface area contributed by atoms with Crippen LogP contribution < -0.4 is 0 Å². The predicted octanol–water partition coefficient (Wildman–Crippen LogP) is 5.69. The lowest BCUT2D eigenvalue weighted by molar-refractivity contribution is -0.00931. The third-order valence-corrected chi connectivity index (χ3v) is 6.12. The molecule has 3 aromatic rings. The summed E-state index contributed by atoms with van der Waals surface area (Å²) in [6, 6.07) is 16.2. The Morgan fingerprint density at radius 1 is 1.04 bits per heavy atom. The number of aliphatic hydroxyl groups excluding tert-OH is 1. The number of benzene rings is 2. The van der Waals surface area contributed by atoms with Crippen LogP contribution in [0.2, 0.25) is 10.0 Å². The summed E-state index contributed by atoms with van der Waals surface area (Å²) < 4.78 is 8.05. The number of aromatic nitrogens is 1. The zero-order chi connectivity index (χ0) is 18.1. The highest BCUT2D eigenvalue weighted by Crippen LogP contribution is 2.38. The molecule has 1 aromatic heterocycles. The van der Waals surface area contributed by atoms with Gasteiger partial charge in [-0.05, 0) is 29.8 Å². The maximum absolute atomic E-state index is 9.37. The predicted molar refractivity (Wildman–Crippen MR) is 108 cm³/mol. The molecule has 2 aromatic carbocycles. The fourth-order valence-corrected chi connectivity index (χ4v) is 4.43. The summed E-state index contributed by atoms with van der Waals surface area (Å²) >= 11 is 14.2. The van der Waals surface area contributed by atoms with Gasteiger partial charge in [0.05, 0.1) is 27.2 Å². The van der Waals surface area contributed by atoms with Gasteiger partial charge >= 0.3 is 0 Å². The van der Waals surface area contributed by atoms with E-state index in [0.717, 1.165) is 21.7 Å². The van der Waals surface area contributed by atoms with Crippen molar-refractivity contribution in [3.8, 4) is 0 Å². The van der Waals surface area contributed by atoms with E-state index in [1.807, 2.05) is 42.5 Å². The average molecular weight is 406 g/mol. The molecule has 1 aliphatic heterocycles. The molecule has 6 heteroatoms. The lowest BCUT2D eigenvalue weighted by Crippen LogP contribution is -2.15. The summed E-state index contributed by atoms with van der Waals surface area (Å²) in [5.41, 5.74) is 2.21. The number of hydrogen-bond donors (Lipinski definition) is 1. The van der Waals surface area contributed by atoms with Crippen LogP contribution >= 0.6 is 35.0 Å². The minimum atomic E-state index is -0.285. The number of aliphatic hydroxyl groups is 1. The second kappa shape index (κ2) is 7.67. The van der Waals surface area contributed by atoms with E-state index in [1.165, 1.54) is 5.56 Å². The van der Waals surface area contributed by atoms with Crippen LogP contribution in [0.1, 0.15) is 11.8 Å². The Balaban J connectivity index is 1.73. The molecule has 0 bridgehead atoms. The molecule has 0 fully saturated rings. The first-order valence-electron chi connectivity index (χ1n) is 8.27. The van der Waals surface area contributed by atoms with Crippen LogP contribution in [0.25, 0.3) is 10.9 Å². The van der Waals surface area contributed by atoms with Crippen LogP contribution in [0, 0.1) is 0 Å². The van der Waals surface area contributed by atoms with Gasteiger partial charge < -0.3 is 14.4 Å². The van der Waals surface area contributed by atoms with Gasteiger partial charge in [-0.25, -0.2) is 0 Å². The largest absolute Gasteiger partial charge is 0.393 e. The molecule has 0 amide bonds. The van der Waals surface area contributed by atoms with Crippen molar-refractivity contribution in [2.75, 3.05) is 6.61 Å². The van der Waals surface area contributed by atoms with Gasteiger partial charge in [0.2, 0.25) is 0 Å². The molecule has 0 saturated heterocycles. The van der Waals surface area contributed by atoms with Crippen LogP contribution in [-0.4, -0.2) is 22.4 Å². The molecular weight excluding hydrogens is 389 g/mol. The summed E-state index contributed by atoms with van der Waals surface area (Å²) in [5, 5.41) is 12.5. The van der Waals surface area contributed by atoms with Crippen molar-refractivity contribution in [1.29, 1.82) is 0 Å². The SMILES string of the molecule is OC[C@@H]1C=C[C@H](n2c(SCc3ccccc3)cc3cc(Cl)c(Cl)cc32)O1. The Morgan fingerprint density at radius 2 is 1.81 bits per heavy atom. The Morgan fingerprint density at radius 3 is 2.54 bits per heavy atom. The van der Waals surface area contributed by atoms with Gasteiger partial charge in [0.1, 0.15) is 6.10 Å². The monoisotopic (exact) mass is 405 g/mol. The first-order chi connectivity index (χ1) is 12.7. The number of halogens is 2. The maximum Gasteiger partial charge on any atom is 0.155 e. The van der Waals surface area contributed by atoms with Crippen molar-refractivity contribution in [3.05, 3.63) is 76.3 Å².